The Kier molecular flexibility index (Phi) is 8.39. The van der Waals surface area contributed by atoms with Crippen LogP contribution in [0.5, 0.6) is 0 Å². The molecule has 2 atom stereocenters. The molecule has 0 aliphatic carbocycles. The lowest BCUT2D eigenvalue weighted by molar-refractivity contribution is 0.557. The van der Waals surface area contributed by atoms with Crippen molar-refractivity contribution >= 4 is 28.9 Å². The standard InChI is InChI=1S/C26H31Cl2N3/c1-17-22(18(2)30-15-20-9-5-7-11-23(20)27)13-14-25(29-4)26(17)19(3)31-16-21-10-6-8-12-24(21)28/h5-14,18-19,29-31H,15-16H2,1-4H3. The molecule has 0 bridgehead atoms. The molecule has 0 fully saturated rings. The lowest BCUT2D eigenvalue weighted by atomic mass is 9.92. The zero-order valence-corrected chi connectivity index (χ0v) is 20.1. The molecule has 164 valence electrons. The summed E-state index contributed by atoms with van der Waals surface area (Å²) in [6.45, 7) is 8.04. The van der Waals surface area contributed by atoms with Crippen molar-refractivity contribution in [3.8, 4) is 0 Å². The van der Waals surface area contributed by atoms with E-state index in [9.17, 15) is 0 Å². The molecule has 0 aliphatic rings. The van der Waals surface area contributed by atoms with Crippen LogP contribution in [-0.4, -0.2) is 7.05 Å². The van der Waals surface area contributed by atoms with Gasteiger partial charge >= 0.3 is 0 Å². The van der Waals surface area contributed by atoms with E-state index in [0.29, 0.717) is 6.54 Å². The smallest absolute Gasteiger partial charge is 0.0450 e. The zero-order valence-electron chi connectivity index (χ0n) is 18.6. The van der Waals surface area contributed by atoms with Crippen LogP contribution in [0.1, 0.15) is 53.7 Å². The lowest BCUT2D eigenvalue weighted by Gasteiger charge is -2.25. The molecule has 0 radical (unpaired) electrons. The van der Waals surface area contributed by atoms with Crippen LogP contribution >= 0.6 is 23.2 Å². The molecule has 3 aromatic carbocycles. The summed E-state index contributed by atoms with van der Waals surface area (Å²) in [6, 6.07) is 20.7. The third-order valence-corrected chi connectivity index (χ3v) is 6.58. The zero-order chi connectivity index (χ0) is 22.4. The summed E-state index contributed by atoms with van der Waals surface area (Å²) in [6.07, 6.45) is 0. The maximum absolute atomic E-state index is 6.34. The highest BCUT2D eigenvalue weighted by Gasteiger charge is 2.18. The highest BCUT2D eigenvalue weighted by molar-refractivity contribution is 6.31. The Labute approximate surface area is 196 Å². The molecule has 0 saturated carbocycles. The minimum absolute atomic E-state index is 0.162. The van der Waals surface area contributed by atoms with Crippen LogP contribution in [0.15, 0.2) is 60.7 Å². The van der Waals surface area contributed by atoms with Gasteiger partial charge in [0.1, 0.15) is 0 Å². The Hall–Kier alpha value is -2.04. The van der Waals surface area contributed by atoms with E-state index in [0.717, 1.165) is 33.4 Å². The van der Waals surface area contributed by atoms with Crippen molar-refractivity contribution < 1.29 is 0 Å². The number of rotatable bonds is 9. The second kappa shape index (κ2) is 11.0. The fourth-order valence-corrected chi connectivity index (χ4v) is 4.42. The number of hydrogen-bond donors (Lipinski definition) is 3. The molecule has 3 nitrogen and oxygen atoms in total. The van der Waals surface area contributed by atoms with Crippen molar-refractivity contribution in [1.29, 1.82) is 0 Å². The van der Waals surface area contributed by atoms with Crippen LogP contribution < -0.4 is 16.0 Å². The molecule has 0 heterocycles. The van der Waals surface area contributed by atoms with Crippen LogP contribution in [-0.2, 0) is 13.1 Å². The quantitative estimate of drug-likeness (QED) is 0.323. The number of anilines is 1. The van der Waals surface area contributed by atoms with Crippen molar-refractivity contribution in [3.63, 3.8) is 0 Å². The van der Waals surface area contributed by atoms with Gasteiger partial charge in [0.15, 0.2) is 0 Å². The molecule has 0 aromatic heterocycles. The van der Waals surface area contributed by atoms with Gasteiger partial charge in [-0.25, -0.2) is 0 Å². The lowest BCUT2D eigenvalue weighted by Crippen LogP contribution is -2.23. The van der Waals surface area contributed by atoms with Gasteiger partial charge in [0, 0.05) is 48.0 Å². The van der Waals surface area contributed by atoms with Gasteiger partial charge in [-0.3, -0.25) is 0 Å². The van der Waals surface area contributed by atoms with Crippen LogP contribution in [0.2, 0.25) is 10.0 Å². The summed E-state index contributed by atoms with van der Waals surface area (Å²) < 4.78 is 0. The van der Waals surface area contributed by atoms with E-state index in [2.05, 4.69) is 61.0 Å². The minimum atomic E-state index is 0.162. The van der Waals surface area contributed by atoms with Gasteiger partial charge in [-0.1, -0.05) is 65.7 Å². The van der Waals surface area contributed by atoms with Crippen molar-refractivity contribution in [2.24, 2.45) is 0 Å². The Balaban J connectivity index is 1.78. The third kappa shape index (κ3) is 5.81. The first-order valence-electron chi connectivity index (χ1n) is 10.7. The van der Waals surface area contributed by atoms with E-state index in [1.165, 1.54) is 16.7 Å². The fourth-order valence-electron chi connectivity index (χ4n) is 4.01. The van der Waals surface area contributed by atoms with Crippen LogP contribution in [0, 0.1) is 6.92 Å². The Morgan fingerprint density at radius 2 is 1.26 bits per heavy atom. The van der Waals surface area contributed by atoms with Crippen LogP contribution in [0.3, 0.4) is 0 Å². The molecule has 3 aromatic rings. The molecule has 31 heavy (non-hydrogen) atoms. The second-order valence-corrected chi connectivity index (χ2v) is 8.69. The van der Waals surface area contributed by atoms with Gasteiger partial charge in [0.05, 0.1) is 0 Å². The summed E-state index contributed by atoms with van der Waals surface area (Å²) in [4.78, 5) is 0. The van der Waals surface area contributed by atoms with Gasteiger partial charge in [-0.2, -0.15) is 0 Å². The maximum Gasteiger partial charge on any atom is 0.0450 e. The number of halogens is 2. The molecule has 3 N–H and O–H groups in total. The molecular weight excluding hydrogens is 425 g/mol. The van der Waals surface area contributed by atoms with Gasteiger partial charge in [0.2, 0.25) is 0 Å². The Morgan fingerprint density at radius 3 is 1.77 bits per heavy atom. The van der Waals surface area contributed by atoms with E-state index in [-0.39, 0.29) is 12.1 Å². The monoisotopic (exact) mass is 455 g/mol. The SMILES string of the molecule is CNc1ccc(C(C)NCc2ccccc2Cl)c(C)c1C(C)NCc1ccccc1Cl. The first-order valence-corrected chi connectivity index (χ1v) is 11.4. The molecule has 0 spiro atoms. The van der Waals surface area contributed by atoms with E-state index in [4.69, 9.17) is 23.2 Å². The first kappa shape index (κ1) is 23.6. The second-order valence-electron chi connectivity index (χ2n) is 7.88. The van der Waals surface area contributed by atoms with Crippen LogP contribution in [0.4, 0.5) is 5.69 Å². The minimum Gasteiger partial charge on any atom is -0.388 e. The van der Waals surface area contributed by atoms with Crippen molar-refractivity contribution in [2.75, 3.05) is 12.4 Å². The van der Waals surface area contributed by atoms with Gasteiger partial charge < -0.3 is 16.0 Å². The largest absolute Gasteiger partial charge is 0.388 e. The number of hydrogen-bond acceptors (Lipinski definition) is 3. The maximum atomic E-state index is 6.34. The van der Waals surface area contributed by atoms with Gasteiger partial charge in [0.25, 0.3) is 0 Å². The van der Waals surface area contributed by atoms with Crippen LogP contribution in [0.25, 0.3) is 0 Å². The molecular formula is C26H31Cl2N3. The highest BCUT2D eigenvalue weighted by Crippen LogP contribution is 2.32. The topological polar surface area (TPSA) is 36.1 Å². The summed E-state index contributed by atoms with van der Waals surface area (Å²) in [7, 11) is 1.97. The molecule has 0 saturated heterocycles. The predicted molar refractivity (Wildman–Crippen MR) is 134 cm³/mol. The highest BCUT2D eigenvalue weighted by atomic mass is 35.5. The summed E-state index contributed by atoms with van der Waals surface area (Å²) >= 11 is 12.7. The van der Waals surface area contributed by atoms with E-state index in [1.54, 1.807) is 0 Å². The van der Waals surface area contributed by atoms with Crippen molar-refractivity contribution in [2.45, 2.75) is 45.9 Å². The first-order chi connectivity index (χ1) is 14.9. The fraction of sp³-hybridized carbons (Fsp3) is 0.308. The van der Waals surface area contributed by atoms with E-state index in [1.807, 2.05) is 43.4 Å². The third-order valence-electron chi connectivity index (χ3n) is 5.84. The average Bonchev–Trinajstić information content (AvgIpc) is 2.77. The molecule has 0 amide bonds. The summed E-state index contributed by atoms with van der Waals surface area (Å²) in [5.74, 6) is 0. The Morgan fingerprint density at radius 1 is 0.742 bits per heavy atom. The molecule has 2 unspecified atom stereocenters. The predicted octanol–water partition coefficient (Wildman–Crippen LogP) is 7.05. The van der Waals surface area contributed by atoms with E-state index >= 15 is 0 Å². The van der Waals surface area contributed by atoms with Gasteiger partial charge in [-0.05, 0) is 66.8 Å². The Bertz CT molecular complexity index is 1020. The molecule has 0 aliphatic heterocycles. The normalized spacial score (nSPS) is 13.1. The summed E-state index contributed by atoms with van der Waals surface area (Å²) in [5.41, 5.74) is 7.19. The summed E-state index contributed by atoms with van der Waals surface area (Å²) in [5, 5.41) is 12.2. The van der Waals surface area contributed by atoms with E-state index < -0.39 is 0 Å². The number of nitrogens with one attached hydrogen (secondary N) is 3. The van der Waals surface area contributed by atoms with Crippen molar-refractivity contribution in [3.05, 3.63) is 98.5 Å². The molecule has 5 heteroatoms. The van der Waals surface area contributed by atoms with Crippen molar-refractivity contribution in [1.82, 2.24) is 10.6 Å². The molecule has 3 rings (SSSR count). The average molecular weight is 456 g/mol. The van der Waals surface area contributed by atoms with Gasteiger partial charge in [-0.15, -0.1) is 0 Å². The number of benzene rings is 3.